The Bertz CT molecular complexity index is 1640. The number of nitrogens with one attached hydrogen (secondary N) is 1. The van der Waals surface area contributed by atoms with Crippen LogP contribution in [0.2, 0.25) is 0 Å². The van der Waals surface area contributed by atoms with Crippen LogP contribution in [0.4, 0.5) is 11.4 Å². The van der Waals surface area contributed by atoms with E-state index in [-0.39, 0.29) is 22.9 Å². The lowest BCUT2D eigenvalue weighted by Crippen LogP contribution is -2.49. The van der Waals surface area contributed by atoms with Crippen molar-refractivity contribution in [3.05, 3.63) is 100 Å². The normalized spacial score (nSPS) is 15.1. The summed E-state index contributed by atoms with van der Waals surface area (Å²) >= 11 is 0. The number of hydrogen-bond donors (Lipinski definition) is 1. The molecule has 1 aliphatic heterocycles. The zero-order valence-corrected chi connectivity index (χ0v) is 21.4. The highest BCUT2D eigenvalue weighted by atomic mass is 32.2. The summed E-state index contributed by atoms with van der Waals surface area (Å²) in [6, 6.07) is 22.3. The topological polar surface area (TPSA) is 103 Å². The van der Waals surface area contributed by atoms with Gasteiger partial charge in [-0.05, 0) is 50.2 Å². The largest absolute Gasteiger partial charge is 0.476 e. The number of aryl methyl sites for hydroxylation is 1. The Morgan fingerprint density at radius 2 is 1.59 bits per heavy atom. The smallest absolute Gasteiger partial charge is 0.295 e. The number of carbonyl (C=O) groups is 1. The first-order valence-electron chi connectivity index (χ1n) is 11.7. The van der Waals surface area contributed by atoms with Crippen LogP contribution in [0.5, 0.6) is 5.75 Å². The molecule has 37 heavy (non-hydrogen) atoms. The molecule has 1 amide bonds. The number of aromatic nitrogens is 2. The summed E-state index contributed by atoms with van der Waals surface area (Å²) in [5, 5.41) is 2.69. The predicted octanol–water partition coefficient (Wildman–Crippen LogP) is 3.39. The lowest BCUT2D eigenvalue weighted by molar-refractivity contribution is -0.122. The molecule has 1 atom stereocenters. The van der Waals surface area contributed by atoms with Crippen LogP contribution < -0.4 is 19.9 Å². The zero-order chi connectivity index (χ0) is 26.3. The van der Waals surface area contributed by atoms with Gasteiger partial charge in [0.1, 0.15) is 11.4 Å². The van der Waals surface area contributed by atoms with Gasteiger partial charge in [-0.15, -0.1) is 0 Å². The van der Waals surface area contributed by atoms with Gasteiger partial charge in [0.05, 0.1) is 28.5 Å². The third-order valence-corrected chi connectivity index (χ3v) is 8.23. The lowest BCUT2D eigenvalue weighted by Gasteiger charge is -2.34. The average Bonchev–Trinajstić information content (AvgIpc) is 3.11. The maximum atomic E-state index is 13.6. The highest BCUT2D eigenvalue weighted by molar-refractivity contribution is 7.92. The third kappa shape index (κ3) is 4.29. The number of hydrogen-bond acceptors (Lipinski definition) is 5. The van der Waals surface area contributed by atoms with Gasteiger partial charge >= 0.3 is 0 Å². The van der Waals surface area contributed by atoms with Gasteiger partial charge in [-0.25, -0.2) is 13.1 Å². The second kappa shape index (κ2) is 9.29. The summed E-state index contributed by atoms with van der Waals surface area (Å²) in [5.41, 5.74) is 2.17. The summed E-state index contributed by atoms with van der Waals surface area (Å²) < 4.78 is 37.4. The van der Waals surface area contributed by atoms with Gasteiger partial charge in [0.2, 0.25) is 0 Å². The van der Waals surface area contributed by atoms with Crippen LogP contribution in [0.3, 0.4) is 0 Å². The lowest BCUT2D eigenvalue weighted by atomic mass is 10.2. The van der Waals surface area contributed by atoms with Crippen molar-refractivity contribution < 1.29 is 17.9 Å². The number of amides is 1. The van der Waals surface area contributed by atoms with Crippen LogP contribution in [0, 0.1) is 13.8 Å². The fourth-order valence-electron chi connectivity index (χ4n) is 4.32. The molecular formula is C27H26N4O5S. The third-order valence-electron chi connectivity index (χ3n) is 6.44. The quantitative estimate of drug-likeness (QED) is 0.436. The van der Waals surface area contributed by atoms with E-state index in [0.717, 1.165) is 5.56 Å². The molecule has 0 spiro atoms. The van der Waals surface area contributed by atoms with Crippen LogP contribution in [-0.4, -0.2) is 36.3 Å². The first-order chi connectivity index (χ1) is 17.7. The first kappa shape index (κ1) is 24.4. The Hall–Kier alpha value is -4.31. The van der Waals surface area contributed by atoms with Crippen molar-refractivity contribution in [2.45, 2.75) is 24.8 Å². The molecule has 190 valence electrons. The van der Waals surface area contributed by atoms with Crippen LogP contribution in [0.1, 0.15) is 11.3 Å². The molecule has 0 saturated carbocycles. The summed E-state index contributed by atoms with van der Waals surface area (Å²) in [5.74, 6) is -0.360. The molecule has 1 aliphatic rings. The van der Waals surface area contributed by atoms with E-state index in [1.54, 1.807) is 67.2 Å². The van der Waals surface area contributed by atoms with Gasteiger partial charge in [-0.3, -0.25) is 18.6 Å². The minimum absolute atomic E-state index is 0.103. The molecule has 1 unspecified atom stereocenters. The molecular weight excluding hydrogens is 492 g/mol. The highest BCUT2D eigenvalue weighted by Gasteiger charge is 2.38. The van der Waals surface area contributed by atoms with E-state index in [1.807, 2.05) is 25.1 Å². The summed E-state index contributed by atoms with van der Waals surface area (Å²) in [6.45, 7) is 3.34. The fourth-order valence-corrected chi connectivity index (χ4v) is 5.80. The number of ether oxygens (including phenoxy) is 1. The minimum atomic E-state index is -3.98. The summed E-state index contributed by atoms with van der Waals surface area (Å²) in [4.78, 5) is 26.7. The van der Waals surface area contributed by atoms with Gasteiger partial charge in [-0.2, -0.15) is 0 Å². The second-order valence-corrected chi connectivity index (χ2v) is 10.7. The maximum absolute atomic E-state index is 13.6. The van der Waals surface area contributed by atoms with E-state index < -0.39 is 27.6 Å². The van der Waals surface area contributed by atoms with Crippen LogP contribution in [0.15, 0.2) is 88.6 Å². The van der Waals surface area contributed by atoms with E-state index in [1.165, 1.54) is 21.1 Å². The van der Waals surface area contributed by atoms with E-state index >= 15 is 0 Å². The Balaban J connectivity index is 1.48. The Morgan fingerprint density at radius 1 is 0.946 bits per heavy atom. The number of carbonyl (C=O) groups excluding carboxylic acids is 1. The van der Waals surface area contributed by atoms with Crippen molar-refractivity contribution in [2.75, 3.05) is 16.2 Å². The van der Waals surface area contributed by atoms with E-state index in [0.29, 0.717) is 17.1 Å². The number of para-hydroxylation sites is 3. The number of nitrogens with zero attached hydrogens (tertiary/aromatic N) is 3. The number of sulfonamides is 1. The maximum Gasteiger partial charge on any atom is 0.295 e. The molecule has 1 aromatic heterocycles. The van der Waals surface area contributed by atoms with E-state index in [4.69, 9.17) is 4.74 Å². The highest BCUT2D eigenvalue weighted by Crippen LogP contribution is 2.37. The van der Waals surface area contributed by atoms with Gasteiger partial charge in [0.25, 0.3) is 21.5 Å². The van der Waals surface area contributed by atoms with Crippen molar-refractivity contribution in [1.82, 2.24) is 9.36 Å². The monoisotopic (exact) mass is 518 g/mol. The van der Waals surface area contributed by atoms with Crippen LogP contribution in [-0.2, 0) is 21.9 Å². The molecule has 0 fully saturated rings. The number of fused-ring (bicyclic) bond motifs is 1. The van der Waals surface area contributed by atoms with E-state index in [2.05, 4.69) is 5.32 Å². The molecule has 9 nitrogen and oxygen atoms in total. The van der Waals surface area contributed by atoms with Crippen molar-refractivity contribution >= 4 is 27.3 Å². The molecule has 0 bridgehead atoms. The SMILES string of the molecule is Cc1ccc(S(=O)(=O)N2CC(C(=O)Nc3c(C)n(C)n(-c4ccccc4)c3=O)Oc3ccccc32)cc1. The molecule has 3 aromatic carbocycles. The molecule has 5 rings (SSSR count). The zero-order valence-electron chi connectivity index (χ0n) is 20.6. The van der Waals surface area contributed by atoms with Crippen molar-refractivity contribution in [3.8, 4) is 11.4 Å². The average molecular weight is 519 g/mol. The summed E-state index contributed by atoms with van der Waals surface area (Å²) in [7, 11) is -2.26. The molecule has 4 aromatic rings. The number of anilines is 2. The van der Waals surface area contributed by atoms with Crippen molar-refractivity contribution in [3.63, 3.8) is 0 Å². The first-order valence-corrected chi connectivity index (χ1v) is 13.1. The summed E-state index contributed by atoms with van der Waals surface area (Å²) in [6.07, 6.45) is -1.18. The molecule has 0 saturated heterocycles. The van der Waals surface area contributed by atoms with Gasteiger partial charge in [-0.1, -0.05) is 48.0 Å². The minimum Gasteiger partial charge on any atom is -0.476 e. The molecule has 1 N–H and O–H groups in total. The standard InChI is InChI=1S/C27H26N4O5S/c1-18-13-15-21(16-14-18)37(34,35)30-17-24(36-23-12-8-7-11-22(23)30)26(32)28-25-19(2)29(3)31(27(25)33)20-9-5-4-6-10-20/h4-16,24H,17H2,1-3H3,(H,28,32). The molecule has 0 aliphatic carbocycles. The van der Waals surface area contributed by atoms with Crippen molar-refractivity contribution in [2.24, 2.45) is 7.05 Å². The molecule has 0 radical (unpaired) electrons. The van der Waals surface area contributed by atoms with Crippen LogP contribution in [0.25, 0.3) is 5.69 Å². The molecule has 10 heteroatoms. The number of rotatable bonds is 5. The Labute approximate surface area is 214 Å². The fraction of sp³-hybridized carbons (Fsp3) is 0.185. The van der Waals surface area contributed by atoms with Gasteiger partial charge in [0.15, 0.2) is 6.10 Å². The van der Waals surface area contributed by atoms with Crippen molar-refractivity contribution in [1.29, 1.82) is 0 Å². The van der Waals surface area contributed by atoms with Crippen LogP contribution >= 0.6 is 0 Å². The number of benzene rings is 3. The Kier molecular flexibility index (Phi) is 6.12. The van der Waals surface area contributed by atoms with E-state index in [9.17, 15) is 18.0 Å². The Morgan fingerprint density at radius 3 is 2.30 bits per heavy atom. The predicted molar refractivity (Wildman–Crippen MR) is 141 cm³/mol. The second-order valence-electron chi connectivity index (χ2n) is 8.85. The molecule has 2 heterocycles. The van der Waals surface area contributed by atoms with Gasteiger partial charge in [0, 0.05) is 7.05 Å². The van der Waals surface area contributed by atoms with Gasteiger partial charge < -0.3 is 10.1 Å².